The first-order valence-electron chi connectivity index (χ1n) is 7.85. The maximum absolute atomic E-state index is 13.5. The van der Waals surface area contributed by atoms with Crippen molar-refractivity contribution in [2.45, 2.75) is 32.2 Å². The molecule has 2 amide bonds. The Balaban J connectivity index is 1.84. The summed E-state index contributed by atoms with van der Waals surface area (Å²) in [7, 11) is 0. The predicted molar refractivity (Wildman–Crippen MR) is 82.8 cm³/mol. The Labute approximate surface area is 138 Å². The van der Waals surface area contributed by atoms with Crippen molar-refractivity contribution in [2.24, 2.45) is 0 Å². The van der Waals surface area contributed by atoms with E-state index in [-0.39, 0.29) is 18.1 Å². The Morgan fingerprint density at radius 2 is 1.71 bits per heavy atom. The highest BCUT2D eigenvalue weighted by Crippen LogP contribution is 2.18. The summed E-state index contributed by atoms with van der Waals surface area (Å²) >= 11 is 0. The van der Waals surface area contributed by atoms with Gasteiger partial charge in [0.05, 0.1) is 12.2 Å². The zero-order valence-electron chi connectivity index (χ0n) is 13.4. The van der Waals surface area contributed by atoms with E-state index in [1.165, 1.54) is 0 Å². The average molecular weight is 343 g/mol. The number of halogens is 3. The predicted octanol–water partition coefficient (Wildman–Crippen LogP) is 2.03. The van der Waals surface area contributed by atoms with Gasteiger partial charge in [-0.3, -0.25) is 9.59 Å². The molecule has 0 saturated carbocycles. The first-order chi connectivity index (χ1) is 11.4. The van der Waals surface area contributed by atoms with Crippen LogP contribution in [0.4, 0.5) is 18.9 Å². The van der Waals surface area contributed by atoms with Crippen molar-refractivity contribution in [3.63, 3.8) is 0 Å². The Bertz CT molecular complexity index is 619. The maximum atomic E-state index is 13.5. The Morgan fingerprint density at radius 1 is 1.08 bits per heavy atom. The van der Waals surface area contributed by atoms with Gasteiger partial charge in [-0.1, -0.05) is 0 Å². The van der Waals surface area contributed by atoms with E-state index in [2.05, 4.69) is 10.6 Å². The fourth-order valence-corrected chi connectivity index (χ4v) is 2.58. The number of anilines is 1. The number of rotatable bonds is 5. The second-order valence-corrected chi connectivity index (χ2v) is 5.77. The quantitative estimate of drug-likeness (QED) is 0.805. The van der Waals surface area contributed by atoms with Crippen molar-refractivity contribution in [1.82, 2.24) is 10.2 Å². The molecule has 1 atom stereocenters. The van der Waals surface area contributed by atoms with Crippen molar-refractivity contribution < 1.29 is 22.8 Å². The lowest BCUT2D eigenvalue weighted by Crippen LogP contribution is -2.49. The molecule has 0 unspecified atom stereocenters. The van der Waals surface area contributed by atoms with Crippen LogP contribution in [-0.2, 0) is 9.59 Å². The van der Waals surface area contributed by atoms with E-state index in [1.807, 2.05) is 0 Å². The molecule has 1 saturated heterocycles. The molecule has 0 radical (unpaired) electrons. The Hall–Kier alpha value is -2.25. The summed E-state index contributed by atoms with van der Waals surface area (Å²) in [6, 6.07) is 0.338. The lowest BCUT2D eigenvalue weighted by atomic mass is 10.1. The summed E-state index contributed by atoms with van der Waals surface area (Å²) in [4.78, 5) is 25.7. The van der Waals surface area contributed by atoms with Crippen molar-refractivity contribution in [3.05, 3.63) is 29.6 Å². The summed E-state index contributed by atoms with van der Waals surface area (Å²) in [5.41, 5.74) is -0.320. The van der Waals surface area contributed by atoms with Crippen molar-refractivity contribution in [3.8, 4) is 0 Å². The van der Waals surface area contributed by atoms with Crippen LogP contribution >= 0.6 is 0 Å². The third-order valence-corrected chi connectivity index (χ3v) is 3.87. The molecule has 0 aliphatic carbocycles. The van der Waals surface area contributed by atoms with Crippen LogP contribution in [0.2, 0.25) is 0 Å². The van der Waals surface area contributed by atoms with Gasteiger partial charge in [0.2, 0.25) is 11.8 Å². The van der Waals surface area contributed by atoms with E-state index >= 15 is 0 Å². The number of carbonyl (C=O) groups is 2. The number of carbonyl (C=O) groups excluding carboxylic acids is 2. The number of nitrogens with one attached hydrogen (secondary N) is 2. The molecule has 1 fully saturated rings. The SMILES string of the molecule is C[C@@H](NC(=O)CNc1cc(F)c(F)cc1F)C(=O)N1CCCCC1. The molecule has 1 heterocycles. The molecule has 1 aromatic rings. The van der Waals surface area contributed by atoms with E-state index in [4.69, 9.17) is 0 Å². The van der Waals surface area contributed by atoms with Gasteiger partial charge >= 0.3 is 0 Å². The third kappa shape index (κ3) is 4.62. The topological polar surface area (TPSA) is 61.4 Å². The number of amides is 2. The van der Waals surface area contributed by atoms with E-state index in [0.29, 0.717) is 25.2 Å². The fraction of sp³-hybridized carbons (Fsp3) is 0.500. The molecule has 132 valence electrons. The minimum absolute atomic E-state index is 0.165. The minimum atomic E-state index is -1.30. The number of hydrogen-bond donors (Lipinski definition) is 2. The number of likely N-dealkylation sites (tertiary alicyclic amines) is 1. The zero-order valence-corrected chi connectivity index (χ0v) is 13.4. The fourth-order valence-electron chi connectivity index (χ4n) is 2.58. The van der Waals surface area contributed by atoms with Crippen LogP contribution < -0.4 is 10.6 Å². The second-order valence-electron chi connectivity index (χ2n) is 5.77. The van der Waals surface area contributed by atoms with E-state index < -0.39 is 29.4 Å². The number of benzene rings is 1. The van der Waals surface area contributed by atoms with Crippen LogP contribution in [0.1, 0.15) is 26.2 Å². The van der Waals surface area contributed by atoms with Crippen LogP contribution in [0.25, 0.3) is 0 Å². The molecule has 2 N–H and O–H groups in total. The van der Waals surface area contributed by atoms with Gasteiger partial charge in [0, 0.05) is 25.2 Å². The van der Waals surface area contributed by atoms with Gasteiger partial charge < -0.3 is 15.5 Å². The van der Waals surface area contributed by atoms with Crippen LogP contribution in [-0.4, -0.2) is 42.4 Å². The molecule has 0 bridgehead atoms. The molecule has 5 nitrogen and oxygen atoms in total. The standard InChI is InChI=1S/C16H20F3N3O2/c1-10(16(24)22-5-3-2-4-6-22)21-15(23)9-20-14-8-12(18)11(17)7-13(14)19/h7-8,10,20H,2-6,9H2,1H3,(H,21,23)/t10-/m1/s1. The van der Waals surface area contributed by atoms with Gasteiger partial charge in [-0.2, -0.15) is 0 Å². The Morgan fingerprint density at radius 3 is 2.38 bits per heavy atom. The highest BCUT2D eigenvalue weighted by atomic mass is 19.2. The molecule has 1 aliphatic rings. The maximum Gasteiger partial charge on any atom is 0.244 e. The molecule has 24 heavy (non-hydrogen) atoms. The minimum Gasteiger partial charge on any atom is -0.374 e. The molecule has 0 aromatic heterocycles. The largest absolute Gasteiger partial charge is 0.374 e. The van der Waals surface area contributed by atoms with Gasteiger partial charge in [-0.25, -0.2) is 13.2 Å². The molecule has 0 spiro atoms. The Kier molecular flexibility index (Phi) is 6.05. The van der Waals surface area contributed by atoms with Crippen molar-refractivity contribution in [2.75, 3.05) is 25.0 Å². The van der Waals surface area contributed by atoms with Crippen LogP contribution in [0.15, 0.2) is 12.1 Å². The molecule has 8 heteroatoms. The molecule has 1 aromatic carbocycles. The average Bonchev–Trinajstić information content (AvgIpc) is 2.57. The summed E-state index contributed by atoms with van der Waals surface area (Å²) in [5, 5.41) is 4.90. The lowest BCUT2D eigenvalue weighted by molar-refractivity contribution is -0.136. The summed E-state index contributed by atoms with van der Waals surface area (Å²) in [5.74, 6) is -4.23. The monoisotopic (exact) mass is 343 g/mol. The zero-order chi connectivity index (χ0) is 17.7. The molecule has 2 rings (SSSR count). The normalized spacial score (nSPS) is 15.8. The van der Waals surface area contributed by atoms with Crippen molar-refractivity contribution >= 4 is 17.5 Å². The van der Waals surface area contributed by atoms with Crippen LogP contribution in [0, 0.1) is 17.5 Å². The van der Waals surface area contributed by atoms with E-state index in [0.717, 1.165) is 19.3 Å². The first-order valence-corrected chi connectivity index (χ1v) is 7.85. The summed E-state index contributed by atoms with van der Waals surface area (Å²) < 4.78 is 39.4. The second kappa shape index (κ2) is 8.03. The summed E-state index contributed by atoms with van der Waals surface area (Å²) in [6.07, 6.45) is 2.99. The number of nitrogens with zero attached hydrogens (tertiary/aromatic N) is 1. The first kappa shape index (κ1) is 18.1. The highest BCUT2D eigenvalue weighted by molar-refractivity contribution is 5.89. The summed E-state index contributed by atoms with van der Waals surface area (Å²) in [6.45, 7) is 2.57. The molecular formula is C16H20F3N3O2. The van der Waals surface area contributed by atoms with Gasteiger partial charge in [0.25, 0.3) is 0 Å². The van der Waals surface area contributed by atoms with E-state index in [1.54, 1.807) is 11.8 Å². The van der Waals surface area contributed by atoms with Crippen molar-refractivity contribution in [1.29, 1.82) is 0 Å². The lowest BCUT2D eigenvalue weighted by Gasteiger charge is -2.29. The van der Waals surface area contributed by atoms with Crippen LogP contribution in [0.5, 0.6) is 0 Å². The number of hydrogen-bond acceptors (Lipinski definition) is 3. The third-order valence-electron chi connectivity index (χ3n) is 3.87. The molecular weight excluding hydrogens is 323 g/mol. The number of piperidine rings is 1. The molecule has 1 aliphatic heterocycles. The highest BCUT2D eigenvalue weighted by Gasteiger charge is 2.23. The van der Waals surface area contributed by atoms with E-state index in [9.17, 15) is 22.8 Å². The van der Waals surface area contributed by atoms with Gasteiger partial charge in [0.1, 0.15) is 11.9 Å². The van der Waals surface area contributed by atoms with Crippen LogP contribution in [0.3, 0.4) is 0 Å². The van der Waals surface area contributed by atoms with Gasteiger partial charge in [0.15, 0.2) is 11.6 Å². The smallest absolute Gasteiger partial charge is 0.244 e. The van der Waals surface area contributed by atoms with Gasteiger partial charge in [-0.05, 0) is 26.2 Å². The van der Waals surface area contributed by atoms with Gasteiger partial charge in [-0.15, -0.1) is 0 Å².